The van der Waals surface area contributed by atoms with E-state index in [1.54, 1.807) is 17.6 Å². The molecule has 1 aliphatic carbocycles. The molecule has 7 heteroatoms. The summed E-state index contributed by atoms with van der Waals surface area (Å²) in [6.45, 7) is 2.65. The Kier molecular flexibility index (Phi) is 4.50. The average molecular weight is 375 g/mol. The van der Waals surface area contributed by atoms with Crippen molar-refractivity contribution in [1.29, 1.82) is 0 Å². The van der Waals surface area contributed by atoms with Gasteiger partial charge in [-0.25, -0.2) is 4.98 Å². The Labute approximate surface area is 154 Å². The van der Waals surface area contributed by atoms with Crippen LogP contribution < -0.4 is 11.1 Å². The van der Waals surface area contributed by atoms with Gasteiger partial charge in [0.1, 0.15) is 11.6 Å². The molecule has 5 nitrogen and oxygen atoms in total. The highest BCUT2D eigenvalue weighted by Crippen LogP contribution is 2.42. The Morgan fingerprint density at radius 2 is 2.20 bits per heavy atom. The first-order chi connectivity index (χ1) is 12.1. The summed E-state index contributed by atoms with van der Waals surface area (Å²) in [6, 6.07) is 3.93. The van der Waals surface area contributed by atoms with Gasteiger partial charge in [0.25, 0.3) is 0 Å². The molecule has 0 radical (unpaired) electrons. The van der Waals surface area contributed by atoms with Crippen molar-refractivity contribution in [3.05, 3.63) is 52.0 Å². The second-order valence-electron chi connectivity index (χ2n) is 6.26. The number of aryl methyl sites for hydroxylation is 1. The van der Waals surface area contributed by atoms with Gasteiger partial charge in [0, 0.05) is 16.8 Å². The van der Waals surface area contributed by atoms with Gasteiger partial charge in [-0.2, -0.15) is 4.98 Å². The first kappa shape index (κ1) is 16.6. The first-order valence-corrected chi connectivity index (χ1v) is 9.46. The predicted molar refractivity (Wildman–Crippen MR) is 102 cm³/mol. The Balaban J connectivity index is 1.73. The molecule has 3 N–H and O–H groups in total. The molecule has 0 fully saturated rings. The lowest BCUT2D eigenvalue weighted by Crippen LogP contribution is -2.29. The molecule has 0 aliphatic heterocycles. The summed E-state index contributed by atoms with van der Waals surface area (Å²) in [5, 5.41) is 3.57. The number of nitrogens with one attached hydrogen (secondary N) is 1. The zero-order valence-electron chi connectivity index (χ0n) is 13.8. The third-order valence-electron chi connectivity index (χ3n) is 4.60. The number of thiophene rings is 1. The largest absolute Gasteiger partial charge is 0.467 e. The van der Waals surface area contributed by atoms with Crippen LogP contribution in [0.4, 0.5) is 5.82 Å². The number of rotatable bonds is 4. The SMILES string of the molecule is Cc1c([C@H]2CC=CC[C@@H]2N)sc2c(NCc3ccco3)nc(Cl)nc12. The number of nitrogens with zero attached hydrogens (tertiary/aromatic N) is 2. The van der Waals surface area contributed by atoms with E-state index in [1.165, 1.54) is 4.88 Å². The van der Waals surface area contributed by atoms with Gasteiger partial charge in [-0.15, -0.1) is 11.3 Å². The van der Waals surface area contributed by atoms with Crippen LogP contribution in [0.1, 0.15) is 35.0 Å². The summed E-state index contributed by atoms with van der Waals surface area (Å²) in [5.74, 6) is 1.90. The summed E-state index contributed by atoms with van der Waals surface area (Å²) >= 11 is 7.88. The normalized spacial score (nSPS) is 20.3. The van der Waals surface area contributed by atoms with Crippen LogP contribution in [-0.4, -0.2) is 16.0 Å². The molecule has 3 heterocycles. The molecule has 4 rings (SSSR count). The number of anilines is 1. The summed E-state index contributed by atoms with van der Waals surface area (Å²) in [6.07, 6.45) is 7.91. The third-order valence-corrected chi connectivity index (χ3v) is 6.19. The molecule has 1 aliphatic rings. The number of hydrogen-bond donors (Lipinski definition) is 2. The van der Waals surface area contributed by atoms with Crippen molar-refractivity contribution in [3.63, 3.8) is 0 Å². The minimum atomic E-state index is 0.139. The van der Waals surface area contributed by atoms with Gasteiger partial charge in [0.2, 0.25) is 5.28 Å². The lowest BCUT2D eigenvalue weighted by Gasteiger charge is -2.24. The van der Waals surface area contributed by atoms with E-state index in [1.807, 2.05) is 12.1 Å². The van der Waals surface area contributed by atoms with Gasteiger partial charge in [0.05, 0.1) is 23.0 Å². The average Bonchev–Trinajstić information content (AvgIpc) is 3.22. The minimum Gasteiger partial charge on any atom is -0.467 e. The van der Waals surface area contributed by atoms with Crippen LogP contribution in [0.3, 0.4) is 0 Å². The van der Waals surface area contributed by atoms with Gasteiger partial charge < -0.3 is 15.5 Å². The molecule has 0 spiro atoms. The molecule has 2 atom stereocenters. The summed E-state index contributed by atoms with van der Waals surface area (Å²) in [4.78, 5) is 10.1. The second-order valence-corrected chi connectivity index (χ2v) is 7.65. The van der Waals surface area contributed by atoms with Gasteiger partial charge in [-0.1, -0.05) is 12.2 Å². The zero-order valence-corrected chi connectivity index (χ0v) is 15.4. The second kappa shape index (κ2) is 6.78. The van der Waals surface area contributed by atoms with Crippen molar-refractivity contribution in [1.82, 2.24) is 9.97 Å². The number of nitrogens with two attached hydrogens (primary N) is 1. The van der Waals surface area contributed by atoms with E-state index in [0.717, 1.165) is 40.2 Å². The highest BCUT2D eigenvalue weighted by Gasteiger charge is 2.26. The van der Waals surface area contributed by atoms with E-state index in [4.69, 9.17) is 21.8 Å². The van der Waals surface area contributed by atoms with Crippen molar-refractivity contribution in [2.45, 2.75) is 38.3 Å². The van der Waals surface area contributed by atoms with E-state index in [0.29, 0.717) is 12.5 Å². The molecule has 130 valence electrons. The van der Waals surface area contributed by atoms with E-state index in [2.05, 4.69) is 34.4 Å². The molecule has 0 aromatic carbocycles. The van der Waals surface area contributed by atoms with Crippen LogP contribution in [0.15, 0.2) is 35.0 Å². The highest BCUT2D eigenvalue weighted by molar-refractivity contribution is 7.20. The van der Waals surface area contributed by atoms with Crippen LogP contribution in [0.2, 0.25) is 5.28 Å². The van der Waals surface area contributed by atoms with Gasteiger partial charge >= 0.3 is 0 Å². The maximum absolute atomic E-state index is 6.36. The number of hydrogen-bond acceptors (Lipinski definition) is 6. The van der Waals surface area contributed by atoms with Crippen molar-refractivity contribution >= 4 is 39.0 Å². The Hall–Kier alpha value is -1.89. The topological polar surface area (TPSA) is 77.0 Å². The zero-order chi connectivity index (χ0) is 17.4. The molecule has 0 unspecified atom stereocenters. The number of halogens is 1. The van der Waals surface area contributed by atoms with Crippen molar-refractivity contribution < 1.29 is 4.42 Å². The summed E-state index contributed by atoms with van der Waals surface area (Å²) < 4.78 is 6.39. The maximum Gasteiger partial charge on any atom is 0.224 e. The summed E-state index contributed by atoms with van der Waals surface area (Å²) in [7, 11) is 0. The molecule has 0 bridgehead atoms. The van der Waals surface area contributed by atoms with Crippen LogP contribution in [0.5, 0.6) is 0 Å². The van der Waals surface area contributed by atoms with Gasteiger partial charge in [0.15, 0.2) is 0 Å². The fourth-order valence-electron chi connectivity index (χ4n) is 3.27. The maximum atomic E-state index is 6.36. The van der Waals surface area contributed by atoms with Gasteiger partial charge in [-0.05, 0) is 49.1 Å². The molecule has 3 aromatic heterocycles. The first-order valence-electron chi connectivity index (χ1n) is 8.27. The third kappa shape index (κ3) is 3.17. The highest BCUT2D eigenvalue weighted by atomic mass is 35.5. The summed E-state index contributed by atoms with van der Waals surface area (Å²) in [5.41, 5.74) is 8.42. The van der Waals surface area contributed by atoms with E-state index in [-0.39, 0.29) is 11.3 Å². The number of aromatic nitrogens is 2. The number of allylic oxidation sites excluding steroid dienone is 1. The molecular weight excluding hydrogens is 356 g/mol. The number of furan rings is 1. The van der Waals surface area contributed by atoms with E-state index in [9.17, 15) is 0 Å². The predicted octanol–water partition coefficient (Wildman–Crippen LogP) is 4.62. The molecule has 0 saturated carbocycles. The van der Waals surface area contributed by atoms with Crippen LogP contribution >= 0.6 is 22.9 Å². The smallest absolute Gasteiger partial charge is 0.224 e. The fourth-order valence-corrected chi connectivity index (χ4v) is 4.84. The Morgan fingerprint density at radius 3 is 2.96 bits per heavy atom. The molecule has 25 heavy (non-hydrogen) atoms. The van der Waals surface area contributed by atoms with E-state index >= 15 is 0 Å². The van der Waals surface area contributed by atoms with Crippen LogP contribution in [0, 0.1) is 6.92 Å². The van der Waals surface area contributed by atoms with Gasteiger partial charge in [-0.3, -0.25) is 0 Å². The fraction of sp³-hybridized carbons (Fsp3) is 0.333. The molecule has 0 saturated heterocycles. The van der Waals surface area contributed by atoms with Crippen LogP contribution in [0.25, 0.3) is 10.2 Å². The Bertz CT molecular complexity index is 919. The van der Waals surface area contributed by atoms with E-state index < -0.39 is 0 Å². The minimum absolute atomic E-state index is 0.139. The quantitative estimate of drug-likeness (QED) is 0.514. The number of fused-ring (bicyclic) bond motifs is 1. The lowest BCUT2D eigenvalue weighted by atomic mass is 9.87. The van der Waals surface area contributed by atoms with Crippen molar-refractivity contribution in [3.8, 4) is 0 Å². The van der Waals surface area contributed by atoms with Crippen molar-refractivity contribution in [2.75, 3.05) is 5.32 Å². The van der Waals surface area contributed by atoms with Crippen LogP contribution in [-0.2, 0) is 6.54 Å². The molecule has 3 aromatic rings. The monoisotopic (exact) mass is 374 g/mol. The standard InChI is InChI=1S/C18H19ClN4OS/c1-10-14-16(25-15(10)12-6-2-3-7-13(12)20)17(23-18(19)22-14)21-9-11-5-4-8-24-11/h2-5,8,12-13H,6-7,9,20H2,1H3,(H,21,22,23)/t12-,13-/m0/s1. The van der Waals surface area contributed by atoms with Crippen molar-refractivity contribution in [2.24, 2.45) is 5.73 Å². The molecular formula is C18H19ClN4OS. The molecule has 0 amide bonds. The Morgan fingerprint density at radius 1 is 1.36 bits per heavy atom. The lowest BCUT2D eigenvalue weighted by molar-refractivity contribution is 0.518.